The van der Waals surface area contributed by atoms with E-state index in [0.29, 0.717) is 24.1 Å². The van der Waals surface area contributed by atoms with E-state index in [1.807, 2.05) is 18.2 Å². The number of carbonyl (C=O) groups is 2. The smallest absolute Gasteiger partial charge is 0.236 e. The molecule has 5 heteroatoms. The third-order valence-electron chi connectivity index (χ3n) is 13.8. The summed E-state index contributed by atoms with van der Waals surface area (Å²) in [6, 6.07) is 5.57. The Morgan fingerprint density at radius 1 is 0.950 bits per heavy atom. The van der Waals surface area contributed by atoms with Crippen molar-refractivity contribution in [3.8, 4) is 0 Å². The molecular weight excluding hydrogens is 496 g/mol. The highest BCUT2D eigenvalue weighted by Gasteiger charge is 2.70. The molecule has 1 aromatic heterocycles. The Bertz CT molecular complexity index is 1250. The topological polar surface area (TPSA) is 79.3 Å². The lowest BCUT2D eigenvalue weighted by molar-refractivity contribution is -0.228. The first kappa shape index (κ1) is 28.1. The number of Topliss-reactive ketones (excluding diaryl/α,β-unsaturated/α-hetero) is 1. The van der Waals surface area contributed by atoms with Gasteiger partial charge in [-0.2, -0.15) is 0 Å². The van der Waals surface area contributed by atoms with Crippen molar-refractivity contribution in [2.75, 3.05) is 5.32 Å². The highest BCUT2D eigenvalue weighted by molar-refractivity contribution is 6.09. The summed E-state index contributed by atoms with van der Waals surface area (Å²) in [6.07, 6.45) is 9.94. The molecule has 1 amide bonds. The number of aromatic nitrogens is 1. The van der Waals surface area contributed by atoms with E-state index in [-0.39, 0.29) is 51.3 Å². The largest absolute Gasteiger partial charge is 0.393 e. The molecule has 0 bridgehead atoms. The van der Waals surface area contributed by atoms with Crippen LogP contribution in [0.15, 0.2) is 35.5 Å². The second-order valence-electron chi connectivity index (χ2n) is 15.8. The van der Waals surface area contributed by atoms with Crippen LogP contribution in [0.2, 0.25) is 0 Å². The van der Waals surface area contributed by atoms with Crippen molar-refractivity contribution in [2.24, 2.45) is 50.7 Å². The number of allylic oxidation sites excluding steroid dienone is 1. The fraction of sp³-hybridized carbons (Fsp3) is 0.743. The van der Waals surface area contributed by atoms with Gasteiger partial charge < -0.3 is 10.4 Å². The van der Waals surface area contributed by atoms with Crippen molar-refractivity contribution < 1.29 is 14.7 Å². The zero-order valence-electron chi connectivity index (χ0n) is 25.8. The maximum absolute atomic E-state index is 14.2. The maximum atomic E-state index is 14.2. The second kappa shape index (κ2) is 8.99. The number of hydrogen-bond acceptors (Lipinski definition) is 4. The van der Waals surface area contributed by atoms with Crippen molar-refractivity contribution in [1.29, 1.82) is 0 Å². The highest BCUT2D eigenvalue weighted by atomic mass is 16.3. The minimum atomic E-state index is -0.764. The number of aliphatic hydroxyl groups excluding tert-OH is 1. The number of nitrogens with one attached hydrogen (secondary N) is 1. The molecule has 6 rings (SSSR count). The van der Waals surface area contributed by atoms with Gasteiger partial charge in [-0.1, -0.05) is 54.5 Å². The lowest BCUT2D eigenvalue weighted by Gasteiger charge is -2.72. The van der Waals surface area contributed by atoms with E-state index in [9.17, 15) is 14.7 Å². The SMILES string of the molecule is CC(C)C1=C2[C@H]3CC[C@@H]4[C@@]5(C)CC[C@H](O)C(C)(C)[C@@H]5CC[C@@]4(C)[C@]3(C)CC[C@@]2(C(=O)Nc2ccccn2)CC1=O. The minimum Gasteiger partial charge on any atom is -0.393 e. The number of ketones is 1. The number of fused-ring (bicyclic) bond motifs is 7. The summed E-state index contributed by atoms with van der Waals surface area (Å²) in [7, 11) is 0. The van der Waals surface area contributed by atoms with Gasteiger partial charge >= 0.3 is 0 Å². The Hall–Kier alpha value is -2.01. The molecule has 5 aliphatic rings. The van der Waals surface area contributed by atoms with E-state index < -0.39 is 5.41 Å². The van der Waals surface area contributed by atoms with Gasteiger partial charge in [-0.15, -0.1) is 0 Å². The number of rotatable bonds is 3. The van der Waals surface area contributed by atoms with Crippen LogP contribution in [0.4, 0.5) is 5.82 Å². The molecule has 2 N–H and O–H groups in total. The van der Waals surface area contributed by atoms with Crippen LogP contribution in [0, 0.1) is 50.7 Å². The molecule has 4 fully saturated rings. The standard InChI is InChI=1S/C35H50N2O3/c1-21(2)28-23(38)20-35(30(40)37-27-10-8-9-19-36-27)18-17-33(6)22(29(28)35)11-12-25-32(5)15-14-26(39)31(3,4)24(32)13-16-34(25,33)7/h8-10,19,21-22,24-26,39H,11-18,20H2,1-7H3,(H,36,37,40)/t22-,24+,25-,26+,32+,33-,34-,35-/m1/s1. The number of nitrogens with zero attached hydrogens (tertiary/aromatic N) is 1. The number of anilines is 1. The molecule has 0 spiro atoms. The Balaban J connectivity index is 1.42. The van der Waals surface area contributed by atoms with Crippen LogP contribution in [0.3, 0.4) is 0 Å². The zero-order chi connectivity index (χ0) is 28.9. The van der Waals surface area contributed by atoms with Crippen molar-refractivity contribution in [1.82, 2.24) is 4.98 Å². The average molecular weight is 547 g/mol. The minimum absolute atomic E-state index is 0.0268. The molecule has 5 nitrogen and oxygen atoms in total. The summed E-state index contributed by atoms with van der Waals surface area (Å²) in [5.41, 5.74) is 1.65. The van der Waals surface area contributed by atoms with Gasteiger partial charge in [0.05, 0.1) is 11.5 Å². The van der Waals surface area contributed by atoms with Crippen LogP contribution in [0.25, 0.3) is 0 Å². The van der Waals surface area contributed by atoms with Gasteiger partial charge in [0.15, 0.2) is 5.78 Å². The number of amides is 1. The molecule has 1 aromatic rings. The molecule has 218 valence electrons. The number of carbonyl (C=O) groups excluding carboxylic acids is 2. The molecular formula is C35H50N2O3. The third kappa shape index (κ3) is 3.51. The van der Waals surface area contributed by atoms with Gasteiger partial charge in [-0.25, -0.2) is 4.98 Å². The molecule has 4 saturated carbocycles. The molecule has 0 unspecified atom stereocenters. The predicted molar refractivity (Wildman–Crippen MR) is 158 cm³/mol. The van der Waals surface area contributed by atoms with E-state index in [1.165, 1.54) is 5.57 Å². The summed E-state index contributed by atoms with van der Waals surface area (Å²) >= 11 is 0. The summed E-state index contributed by atoms with van der Waals surface area (Å²) in [4.78, 5) is 32.3. The highest BCUT2D eigenvalue weighted by Crippen LogP contribution is 2.76. The molecule has 5 aliphatic carbocycles. The van der Waals surface area contributed by atoms with Gasteiger partial charge in [0.1, 0.15) is 5.82 Å². The first-order chi connectivity index (χ1) is 18.7. The Morgan fingerprint density at radius 2 is 1.70 bits per heavy atom. The van der Waals surface area contributed by atoms with Crippen LogP contribution < -0.4 is 5.32 Å². The van der Waals surface area contributed by atoms with Crippen molar-refractivity contribution in [3.05, 3.63) is 35.5 Å². The van der Waals surface area contributed by atoms with Crippen LogP contribution >= 0.6 is 0 Å². The van der Waals surface area contributed by atoms with E-state index in [0.717, 1.165) is 56.9 Å². The van der Waals surface area contributed by atoms with Crippen LogP contribution in [-0.4, -0.2) is 27.9 Å². The molecule has 0 radical (unpaired) electrons. The van der Waals surface area contributed by atoms with Crippen LogP contribution in [0.5, 0.6) is 0 Å². The normalized spacial score (nSPS) is 44.0. The Labute approximate surface area is 241 Å². The fourth-order valence-corrected chi connectivity index (χ4v) is 11.6. The molecule has 0 aromatic carbocycles. The lowest BCUT2D eigenvalue weighted by Crippen LogP contribution is -2.66. The van der Waals surface area contributed by atoms with Gasteiger partial charge in [0.2, 0.25) is 5.91 Å². The molecule has 8 atom stereocenters. The monoisotopic (exact) mass is 546 g/mol. The Morgan fingerprint density at radius 3 is 2.38 bits per heavy atom. The third-order valence-corrected chi connectivity index (χ3v) is 13.8. The van der Waals surface area contributed by atoms with Gasteiger partial charge in [0.25, 0.3) is 0 Å². The van der Waals surface area contributed by atoms with Crippen LogP contribution in [0.1, 0.15) is 106 Å². The summed E-state index contributed by atoms with van der Waals surface area (Å²) < 4.78 is 0. The molecule has 0 aliphatic heterocycles. The van der Waals surface area contributed by atoms with Crippen molar-refractivity contribution in [2.45, 2.75) is 112 Å². The van der Waals surface area contributed by atoms with Crippen molar-refractivity contribution in [3.63, 3.8) is 0 Å². The summed E-state index contributed by atoms with van der Waals surface area (Å²) in [6.45, 7) is 16.5. The van der Waals surface area contributed by atoms with E-state index in [2.05, 4.69) is 58.8 Å². The zero-order valence-corrected chi connectivity index (χ0v) is 25.8. The predicted octanol–water partition coefficient (Wildman–Crippen LogP) is 7.36. The first-order valence-corrected chi connectivity index (χ1v) is 15.9. The average Bonchev–Trinajstić information content (AvgIpc) is 3.21. The van der Waals surface area contributed by atoms with Crippen molar-refractivity contribution >= 4 is 17.5 Å². The van der Waals surface area contributed by atoms with E-state index in [4.69, 9.17) is 0 Å². The van der Waals surface area contributed by atoms with Gasteiger partial charge in [-0.05, 0) is 120 Å². The Kier molecular flexibility index (Phi) is 6.32. The molecule has 1 heterocycles. The van der Waals surface area contributed by atoms with E-state index >= 15 is 0 Å². The van der Waals surface area contributed by atoms with Gasteiger partial charge in [0, 0.05) is 12.6 Å². The second-order valence-corrected chi connectivity index (χ2v) is 15.8. The van der Waals surface area contributed by atoms with Gasteiger partial charge in [-0.3, -0.25) is 9.59 Å². The fourth-order valence-electron chi connectivity index (χ4n) is 11.6. The molecule has 0 saturated heterocycles. The summed E-state index contributed by atoms with van der Waals surface area (Å²) in [5, 5.41) is 14.1. The molecule has 40 heavy (non-hydrogen) atoms. The maximum Gasteiger partial charge on any atom is 0.236 e. The van der Waals surface area contributed by atoms with E-state index in [1.54, 1.807) is 6.20 Å². The summed E-state index contributed by atoms with van der Waals surface area (Å²) in [5.74, 6) is 2.14. The first-order valence-electron chi connectivity index (χ1n) is 15.9. The quantitative estimate of drug-likeness (QED) is 0.415. The number of hydrogen-bond donors (Lipinski definition) is 2. The number of pyridine rings is 1. The number of aliphatic hydroxyl groups is 1. The van der Waals surface area contributed by atoms with Crippen LogP contribution in [-0.2, 0) is 9.59 Å². The lowest BCUT2D eigenvalue weighted by atomic mass is 9.33.